The fraction of sp³-hybridized carbons (Fsp3) is 0.533. The van der Waals surface area contributed by atoms with Crippen molar-refractivity contribution in [3.05, 3.63) is 39.9 Å². The third kappa shape index (κ3) is 4.70. The van der Waals surface area contributed by atoms with Gasteiger partial charge in [-0.15, -0.1) is 0 Å². The van der Waals surface area contributed by atoms with Crippen LogP contribution < -0.4 is 5.32 Å². The van der Waals surface area contributed by atoms with Crippen molar-refractivity contribution in [3.8, 4) is 0 Å². The van der Waals surface area contributed by atoms with E-state index < -0.39 is 4.92 Å². The highest BCUT2D eigenvalue weighted by Gasteiger charge is 2.18. The number of non-ortho nitro benzene ring substituents is 1. The number of likely N-dealkylation sites (N-methyl/N-ethyl adjacent to an activating group) is 1. The molecule has 1 saturated heterocycles. The molecule has 2 amide bonds. The monoisotopic (exact) mass is 307 g/mol. The summed E-state index contributed by atoms with van der Waals surface area (Å²) in [5.74, 6) is 0. The molecule has 1 fully saturated rings. The molecule has 0 aromatic heterocycles. The Hall–Kier alpha value is -2.15. The molecule has 1 aromatic rings. The van der Waals surface area contributed by atoms with Crippen LogP contribution >= 0.6 is 0 Å². The molecule has 0 spiro atoms. The normalized spacial score (nSPS) is 17.8. The van der Waals surface area contributed by atoms with Crippen LogP contribution in [0, 0.1) is 10.1 Å². The lowest BCUT2D eigenvalue weighted by molar-refractivity contribution is -0.384. The number of nitrogens with zero attached hydrogens (tertiary/aromatic N) is 2. The smallest absolute Gasteiger partial charge is 0.317 e. The van der Waals surface area contributed by atoms with Gasteiger partial charge in [-0.2, -0.15) is 0 Å². The molecule has 0 aliphatic carbocycles. The molecule has 0 bridgehead atoms. The summed E-state index contributed by atoms with van der Waals surface area (Å²) >= 11 is 0. The minimum absolute atomic E-state index is 0.0238. The van der Waals surface area contributed by atoms with E-state index >= 15 is 0 Å². The Morgan fingerprint density at radius 3 is 3.00 bits per heavy atom. The molecule has 0 radical (unpaired) electrons. The second-order valence-corrected chi connectivity index (χ2v) is 5.45. The van der Waals surface area contributed by atoms with E-state index in [4.69, 9.17) is 4.74 Å². The topological polar surface area (TPSA) is 84.7 Å². The Labute approximate surface area is 129 Å². The lowest BCUT2D eigenvalue weighted by Crippen LogP contribution is -2.42. The molecule has 7 heteroatoms. The molecule has 2 rings (SSSR count). The molecule has 7 nitrogen and oxygen atoms in total. The van der Waals surface area contributed by atoms with E-state index in [1.807, 2.05) is 0 Å². The Bertz CT molecular complexity index is 529. The van der Waals surface area contributed by atoms with Gasteiger partial charge in [0.25, 0.3) is 5.69 Å². The Morgan fingerprint density at radius 2 is 2.32 bits per heavy atom. The quantitative estimate of drug-likeness (QED) is 0.668. The summed E-state index contributed by atoms with van der Waals surface area (Å²) < 4.78 is 5.61. The van der Waals surface area contributed by atoms with Crippen LogP contribution in [0.4, 0.5) is 10.5 Å². The summed E-state index contributed by atoms with van der Waals surface area (Å²) in [6.45, 7) is 1.57. The maximum Gasteiger partial charge on any atom is 0.317 e. The van der Waals surface area contributed by atoms with Gasteiger partial charge in [0, 0.05) is 38.9 Å². The number of nitrogens with one attached hydrogen (secondary N) is 1. The van der Waals surface area contributed by atoms with Crippen LogP contribution in [0.5, 0.6) is 0 Å². The number of amides is 2. The van der Waals surface area contributed by atoms with Crippen molar-refractivity contribution < 1.29 is 14.5 Å². The summed E-state index contributed by atoms with van der Waals surface area (Å²) in [6, 6.07) is 6.04. The Balaban J connectivity index is 1.81. The van der Waals surface area contributed by atoms with Gasteiger partial charge in [0.1, 0.15) is 0 Å². The summed E-state index contributed by atoms with van der Waals surface area (Å²) in [4.78, 5) is 23.9. The highest BCUT2D eigenvalue weighted by Crippen LogP contribution is 2.14. The van der Waals surface area contributed by atoms with Gasteiger partial charge < -0.3 is 15.0 Å². The molecule has 1 aromatic carbocycles. The Morgan fingerprint density at radius 1 is 1.50 bits per heavy atom. The van der Waals surface area contributed by atoms with Gasteiger partial charge in [0.2, 0.25) is 0 Å². The zero-order valence-electron chi connectivity index (χ0n) is 12.7. The second-order valence-electron chi connectivity index (χ2n) is 5.45. The first-order chi connectivity index (χ1) is 10.6. The van der Waals surface area contributed by atoms with Crippen molar-refractivity contribution in [1.82, 2.24) is 10.2 Å². The largest absolute Gasteiger partial charge is 0.376 e. The summed E-state index contributed by atoms with van der Waals surface area (Å²) in [7, 11) is 1.72. The number of hydrogen-bond acceptors (Lipinski definition) is 4. The predicted octanol–water partition coefficient (Wildman–Crippen LogP) is 2.31. The van der Waals surface area contributed by atoms with Crippen LogP contribution in [0.15, 0.2) is 24.3 Å². The number of carbonyl (C=O) groups excluding carboxylic acids is 1. The SMILES string of the molecule is CN(CC1CCCCO1)C(=O)NCc1cccc([N+](=O)[O-])c1. The fourth-order valence-corrected chi connectivity index (χ4v) is 2.43. The van der Waals surface area contributed by atoms with Crippen molar-refractivity contribution in [3.63, 3.8) is 0 Å². The van der Waals surface area contributed by atoms with Gasteiger partial charge in [-0.1, -0.05) is 12.1 Å². The number of nitro benzene ring substituents is 1. The zero-order chi connectivity index (χ0) is 15.9. The van der Waals surface area contributed by atoms with Crippen LogP contribution in [0.25, 0.3) is 0 Å². The number of rotatable bonds is 5. The van der Waals surface area contributed by atoms with Gasteiger partial charge in [0.05, 0.1) is 11.0 Å². The number of urea groups is 1. The van der Waals surface area contributed by atoms with Gasteiger partial charge in [-0.25, -0.2) is 4.79 Å². The van der Waals surface area contributed by atoms with Gasteiger partial charge in [-0.05, 0) is 24.8 Å². The van der Waals surface area contributed by atoms with E-state index in [9.17, 15) is 14.9 Å². The number of ether oxygens (including phenoxy) is 1. The van der Waals surface area contributed by atoms with Gasteiger partial charge >= 0.3 is 6.03 Å². The molecule has 1 N–H and O–H groups in total. The van der Waals surface area contributed by atoms with Crippen LogP contribution in [-0.4, -0.2) is 42.2 Å². The maximum absolute atomic E-state index is 12.0. The van der Waals surface area contributed by atoms with Crippen LogP contribution in [-0.2, 0) is 11.3 Å². The molecule has 22 heavy (non-hydrogen) atoms. The van der Waals surface area contributed by atoms with Gasteiger partial charge in [-0.3, -0.25) is 10.1 Å². The fourth-order valence-electron chi connectivity index (χ4n) is 2.43. The van der Waals surface area contributed by atoms with E-state index in [0.717, 1.165) is 25.9 Å². The predicted molar refractivity (Wildman–Crippen MR) is 81.6 cm³/mol. The number of hydrogen-bond donors (Lipinski definition) is 1. The van der Waals surface area contributed by atoms with E-state index in [0.29, 0.717) is 12.1 Å². The Kier molecular flexibility index (Phi) is 5.71. The lowest BCUT2D eigenvalue weighted by atomic mass is 10.1. The van der Waals surface area contributed by atoms with Crippen LogP contribution in [0.2, 0.25) is 0 Å². The minimum Gasteiger partial charge on any atom is -0.376 e. The molecular weight excluding hydrogens is 286 g/mol. The van der Waals surface area contributed by atoms with E-state index in [-0.39, 0.29) is 24.4 Å². The van der Waals surface area contributed by atoms with E-state index in [1.54, 1.807) is 24.1 Å². The third-order valence-corrected chi connectivity index (χ3v) is 3.66. The van der Waals surface area contributed by atoms with Crippen LogP contribution in [0.1, 0.15) is 24.8 Å². The molecule has 120 valence electrons. The van der Waals surface area contributed by atoms with Crippen molar-refractivity contribution in [1.29, 1.82) is 0 Å². The van der Waals surface area contributed by atoms with E-state index in [2.05, 4.69) is 5.32 Å². The lowest BCUT2D eigenvalue weighted by Gasteiger charge is -2.27. The molecule has 1 unspecified atom stereocenters. The molecule has 0 saturated carbocycles. The standard InChI is InChI=1S/C15H21N3O4/c1-17(11-14-7-2-3-8-22-14)15(19)16-10-12-5-4-6-13(9-12)18(20)21/h4-6,9,14H,2-3,7-8,10-11H2,1H3,(H,16,19). The average Bonchev–Trinajstić information content (AvgIpc) is 2.53. The average molecular weight is 307 g/mol. The maximum atomic E-state index is 12.0. The highest BCUT2D eigenvalue weighted by molar-refractivity contribution is 5.73. The minimum atomic E-state index is -0.447. The van der Waals surface area contributed by atoms with E-state index in [1.165, 1.54) is 12.1 Å². The molecule has 1 aliphatic heterocycles. The molecule has 1 atom stereocenters. The second kappa shape index (κ2) is 7.74. The van der Waals surface area contributed by atoms with Crippen molar-refractivity contribution >= 4 is 11.7 Å². The van der Waals surface area contributed by atoms with Crippen LogP contribution in [0.3, 0.4) is 0 Å². The first-order valence-electron chi connectivity index (χ1n) is 7.40. The number of nitro groups is 1. The number of carbonyl (C=O) groups is 1. The van der Waals surface area contributed by atoms with Gasteiger partial charge in [0.15, 0.2) is 0 Å². The zero-order valence-corrected chi connectivity index (χ0v) is 12.7. The molecule has 1 aliphatic rings. The third-order valence-electron chi connectivity index (χ3n) is 3.66. The van der Waals surface area contributed by atoms with Crippen molar-refractivity contribution in [2.45, 2.75) is 31.9 Å². The van der Waals surface area contributed by atoms with Crippen molar-refractivity contribution in [2.24, 2.45) is 0 Å². The molecule has 1 heterocycles. The summed E-state index contributed by atoms with van der Waals surface area (Å²) in [5.41, 5.74) is 0.723. The summed E-state index contributed by atoms with van der Waals surface area (Å²) in [5, 5.41) is 13.5. The summed E-state index contributed by atoms with van der Waals surface area (Å²) in [6.07, 6.45) is 3.29. The highest BCUT2D eigenvalue weighted by atomic mass is 16.6. The first-order valence-corrected chi connectivity index (χ1v) is 7.40. The number of benzene rings is 1. The molecular formula is C15H21N3O4. The first kappa shape index (κ1) is 16.2. The van der Waals surface area contributed by atoms with Crippen molar-refractivity contribution in [2.75, 3.05) is 20.2 Å².